The van der Waals surface area contributed by atoms with E-state index in [0.29, 0.717) is 24.0 Å². The lowest BCUT2D eigenvalue weighted by molar-refractivity contribution is -0.0305. The van der Waals surface area contributed by atoms with Crippen LogP contribution in [0, 0.1) is 23.2 Å². The number of hydrogen-bond acceptors (Lipinski definition) is 2. The van der Waals surface area contributed by atoms with E-state index in [4.69, 9.17) is 0 Å². The molecule has 3 fully saturated rings. The number of hydrogen-bond donors (Lipinski definition) is 2. The van der Waals surface area contributed by atoms with E-state index in [1.807, 2.05) is 6.08 Å². The predicted octanol–water partition coefficient (Wildman–Crippen LogP) is 4.28. The van der Waals surface area contributed by atoms with Gasteiger partial charge in [0.05, 0.1) is 11.9 Å². The zero-order valence-corrected chi connectivity index (χ0v) is 12.9. The van der Waals surface area contributed by atoms with Crippen LogP contribution in [-0.2, 0) is 0 Å². The zero-order valence-electron chi connectivity index (χ0n) is 12.9. The summed E-state index contributed by atoms with van der Waals surface area (Å²) in [5.41, 5.74) is 3.11. The molecule has 4 aliphatic carbocycles. The van der Waals surface area contributed by atoms with Gasteiger partial charge in [0, 0.05) is 6.42 Å². The monoisotopic (exact) mass is 286 g/mol. The van der Waals surface area contributed by atoms with Crippen molar-refractivity contribution >= 4 is 0 Å². The molecule has 0 spiro atoms. The number of fused-ring (bicyclic) bond motifs is 5. The Morgan fingerprint density at radius 1 is 1.14 bits per heavy atom. The van der Waals surface area contributed by atoms with E-state index in [0.717, 1.165) is 25.2 Å². The molecule has 0 radical (unpaired) electrons. The Morgan fingerprint density at radius 3 is 2.86 bits per heavy atom. The fourth-order valence-electron chi connectivity index (χ4n) is 5.69. The Hall–Kier alpha value is -1.02. The van der Waals surface area contributed by atoms with Crippen LogP contribution in [-0.4, -0.2) is 16.3 Å². The van der Waals surface area contributed by atoms with Crippen LogP contribution in [0.25, 0.3) is 0 Å². The summed E-state index contributed by atoms with van der Waals surface area (Å²) in [6, 6.07) is 0. The molecule has 5 unspecified atom stereocenters. The van der Waals surface area contributed by atoms with E-state index in [1.165, 1.54) is 30.4 Å². The Morgan fingerprint density at radius 2 is 2.00 bits per heavy atom. The molecule has 0 saturated heterocycles. The molecule has 0 bridgehead atoms. The summed E-state index contributed by atoms with van der Waals surface area (Å²) in [4.78, 5) is 0. The van der Waals surface area contributed by atoms with Gasteiger partial charge in [-0.2, -0.15) is 0 Å². The SMILES string of the molecule is CC12CCC3C4=CC=C(O)CC=C4CCC3C1CCC2O. The molecule has 0 amide bonds. The van der Waals surface area contributed by atoms with Crippen molar-refractivity contribution in [3.8, 4) is 0 Å². The van der Waals surface area contributed by atoms with E-state index >= 15 is 0 Å². The summed E-state index contributed by atoms with van der Waals surface area (Å²) in [6.45, 7) is 2.32. The van der Waals surface area contributed by atoms with Crippen LogP contribution in [0.4, 0.5) is 0 Å². The van der Waals surface area contributed by atoms with Gasteiger partial charge in [0.25, 0.3) is 0 Å². The zero-order chi connectivity index (χ0) is 14.6. The number of allylic oxidation sites excluding steroid dienone is 5. The molecule has 3 saturated carbocycles. The van der Waals surface area contributed by atoms with Crippen LogP contribution in [0.5, 0.6) is 0 Å². The van der Waals surface area contributed by atoms with Gasteiger partial charge in [0.2, 0.25) is 0 Å². The van der Waals surface area contributed by atoms with Crippen LogP contribution in [0.3, 0.4) is 0 Å². The smallest absolute Gasteiger partial charge is 0.0960 e. The molecule has 4 aliphatic rings. The molecule has 2 nitrogen and oxygen atoms in total. The summed E-state index contributed by atoms with van der Waals surface area (Å²) in [6.07, 6.45) is 13.9. The van der Waals surface area contributed by atoms with E-state index in [2.05, 4.69) is 19.1 Å². The molecule has 0 aliphatic heterocycles. The molecule has 5 atom stereocenters. The van der Waals surface area contributed by atoms with Gasteiger partial charge in [-0.3, -0.25) is 0 Å². The van der Waals surface area contributed by atoms with Gasteiger partial charge < -0.3 is 10.2 Å². The van der Waals surface area contributed by atoms with Gasteiger partial charge in [-0.05, 0) is 78.9 Å². The first-order valence-corrected chi connectivity index (χ1v) is 8.57. The lowest BCUT2D eigenvalue weighted by Crippen LogP contribution is -2.45. The number of aliphatic hydroxyl groups excluding tert-OH is 2. The van der Waals surface area contributed by atoms with Crippen molar-refractivity contribution in [2.24, 2.45) is 23.2 Å². The highest BCUT2D eigenvalue weighted by Crippen LogP contribution is 2.60. The number of aliphatic hydroxyl groups is 2. The Bertz CT molecular complexity index is 542. The van der Waals surface area contributed by atoms with Gasteiger partial charge >= 0.3 is 0 Å². The van der Waals surface area contributed by atoms with Crippen molar-refractivity contribution in [1.82, 2.24) is 0 Å². The standard InChI is InChI=1S/C19H26O2/c1-19-11-10-15-14-7-5-13(20)4-2-12(14)3-6-16(15)17(19)8-9-18(19)21/h2,5,7,15-18,20-21H,3-4,6,8-11H2,1H3. The largest absolute Gasteiger partial charge is 0.512 e. The van der Waals surface area contributed by atoms with E-state index < -0.39 is 0 Å². The molecular weight excluding hydrogens is 260 g/mol. The maximum absolute atomic E-state index is 10.4. The second-order valence-corrected chi connectivity index (χ2v) is 7.77. The average Bonchev–Trinajstić information content (AvgIpc) is 2.66. The lowest BCUT2D eigenvalue weighted by Gasteiger charge is -2.50. The van der Waals surface area contributed by atoms with Crippen molar-refractivity contribution < 1.29 is 10.2 Å². The predicted molar refractivity (Wildman–Crippen MR) is 83.8 cm³/mol. The fourth-order valence-corrected chi connectivity index (χ4v) is 5.69. The first-order valence-electron chi connectivity index (χ1n) is 8.57. The second-order valence-electron chi connectivity index (χ2n) is 7.77. The number of rotatable bonds is 0. The van der Waals surface area contributed by atoms with E-state index in [-0.39, 0.29) is 11.5 Å². The minimum atomic E-state index is -0.0903. The minimum Gasteiger partial charge on any atom is -0.512 e. The minimum absolute atomic E-state index is 0.0903. The summed E-state index contributed by atoms with van der Waals surface area (Å²) >= 11 is 0. The third-order valence-electron chi connectivity index (χ3n) is 6.92. The normalized spacial score (nSPS) is 45.5. The summed E-state index contributed by atoms with van der Waals surface area (Å²) in [7, 11) is 0. The second kappa shape index (κ2) is 4.74. The molecule has 21 heavy (non-hydrogen) atoms. The Labute approximate surface area is 127 Å². The Balaban J connectivity index is 1.68. The van der Waals surface area contributed by atoms with Gasteiger partial charge in [-0.25, -0.2) is 0 Å². The topological polar surface area (TPSA) is 40.5 Å². The molecule has 0 aromatic heterocycles. The quantitative estimate of drug-likeness (QED) is 0.697. The third-order valence-corrected chi connectivity index (χ3v) is 6.92. The molecule has 4 rings (SSSR count). The van der Waals surface area contributed by atoms with Crippen LogP contribution in [0.15, 0.2) is 35.1 Å². The first-order chi connectivity index (χ1) is 10.1. The molecule has 0 heterocycles. The van der Waals surface area contributed by atoms with Gasteiger partial charge in [-0.15, -0.1) is 0 Å². The van der Waals surface area contributed by atoms with Crippen molar-refractivity contribution in [1.29, 1.82) is 0 Å². The Kier molecular flexibility index (Phi) is 3.08. The molecular formula is C19H26O2. The van der Waals surface area contributed by atoms with E-state index in [9.17, 15) is 10.2 Å². The summed E-state index contributed by atoms with van der Waals surface area (Å²) in [5.74, 6) is 2.56. The molecule has 0 aromatic rings. The van der Waals surface area contributed by atoms with Gasteiger partial charge in [0.15, 0.2) is 0 Å². The van der Waals surface area contributed by atoms with Gasteiger partial charge in [-0.1, -0.05) is 19.1 Å². The van der Waals surface area contributed by atoms with Crippen molar-refractivity contribution in [2.45, 2.75) is 58.0 Å². The lowest BCUT2D eigenvalue weighted by atomic mass is 9.54. The first kappa shape index (κ1) is 13.6. The third kappa shape index (κ3) is 1.95. The van der Waals surface area contributed by atoms with Crippen molar-refractivity contribution in [3.05, 3.63) is 35.1 Å². The van der Waals surface area contributed by atoms with Crippen LogP contribution < -0.4 is 0 Å². The van der Waals surface area contributed by atoms with Crippen LogP contribution >= 0.6 is 0 Å². The highest BCUT2D eigenvalue weighted by atomic mass is 16.3. The summed E-state index contributed by atoms with van der Waals surface area (Å²) < 4.78 is 0. The highest BCUT2D eigenvalue weighted by molar-refractivity contribution is 5.42. The maximum atomic E-state index is 10.4. The van der Waals surface area contributed by atoms with Crippen molar-refractivity contribution in [3.63, 3.8) is 0 Å². The molecule has 114 valence electrons. The van der Waals surface area contributed by atoms with Crippen LogP contribution in [0.2, 0.25) is 0 Å². The molecule has 2 N–H and O–H groups in total. The molecule has 2 heteroatoms. The fraction of sp³-hybridized carbons (Fsp3) is 0.684. The summed E-state index contributed by atoms with van der Waals surface area (Å²) in [5, 5.41) is 20.2. The highest BCUT2D eigenvalue weighted by Gasteiger charge is 2.54. The average molecular weight is 286 g/mol. The maximum Gasteiger partial charge on any atom is 0.0960 e. The van der Waals surface area contributed by atoms with Gasteiger partial charge in [0.1, 0.15) is 0 Å². The molecule has 0 aromatic carbocycles. The van der Waals surface area contributed by atoms with E-state index in [1.54, 1.807) is 0 Å². The van der Waals surface area contributed by atoms with Crippen LogP contribution in [0.1, 0.15) is 51.9 Å². The van der Waals surface area contributed by atoms with Crippen molar-refractivity contribution in [2.75, 3.05) is 0 Å².